The second-order valence-corrected chi connectivity index (χ2v) is 5.88. The van der Waals surface area contributed by atoms with Gasteiger partial charge in [-0.3, -0.25) is 4.79 Å². The van der Waals surface area contributed by atoms with Gasteiger partial charge >= 0.3 is 0 Å². The molecule has 0 radical (unpaired) electrons. The van der Waals surface area contributed by atoms with Crippen LogP contribution >= 0.6 is 15.9 Å². The third-order valence-corrected chi connectivity index (χ3v) is 4.02. The number of hydrogen-bond acceptors (Lipinski definition) is 3. The van der Waals surface area contributed by atoms with E-state index in [1.54, 1.807) is 12.3 Å². The molecule has 3 heterocycles. The van der Waals surface area contributed by atoms with Gasteiger partial charge in [0, 0.05) is 17.2 Å². The summed E-state index contributed by atoms with van der Waals surface area (Å²) >= 11 is 3.33. The Morgan fingerprint density at radius 1 is 1.40 bits per heavy atom. The van der Waals surface area contributed by atoms with Crippen LogP contribution < -0.4 is 0 Å². The SMILES string of the molecule is Cc1ccc([C@H]2CCCN2C(=O)c2ccc(Br)cn2)o1. The highest BCUT2D eigenvalue weighted by atomic mass is 79.9. The van der Waals surface area contributed by atoms with E-state index in [0.29, 0.717) is 5.69 Å². The normalized spacial score (nSPS) is 18.5. The summed E-state index contributed by atoms with van der Waals surface area (Å²) in [5.74, 6) is 1.71. The molecule has 2 aromatic rings. The highest BCUT2D eigenvalue weighted by Crippen LogP contribution is 2.33. The summed E-state index contributed by atoms with van der Waals surface area (Å²) in [5.41, 5.74) is 0.475. The molecule has 2 aromatic heterocycles. The lowest BCUT2D eigenvalue weighted by Crippen LogP contribution is -2.31. The number of carbonyl (C=O) groups is 1. The van der Waals surface area contributed by atoms with Gasteiger partial charge in [-0.25, -0.2) is 4.98 Å². The summed E-state index contributed by atoms with van der Waals surface area (Å²) in [6, 6.07) is 7.51. The molecule has 0 bridgehead atoms. The summed E-state index contributed by atoms with van der Waals surface area (Å²) < 4.78 is 6.55. The Hall–Kier alpha value is -1.62. The average molecular weight is 335 g/mol. The Balaban J connectivity index is 1.85. The third kappa shape index (κ3) is 2.50. The lowest BCUT2D eigenvalue weighted by atomic mass is 10.1. The van der Waals surface area contributed by atoms with Crippen LogP contribution in [0.1, 0.15) is 40.9 Å². The van der Waals surface area contributed by atoms with E-state index in [-0.39, 0.29) is 11.9 Å². The van der Waals surface area contributed by atoms with Crippen LogP contribution in [0.25, 0.3) is 0 Å². The first kappa shape index (κ1) is 13.4. The number of pyridine rings is 1. The molecule has 1 fully saturated rings. The molecule has 0 aliphatic carbocycles. The molecule has 5 heteroatoms. The van der Waals surface area contributed by atoms with Gasteiger partial charge in [0.05, 0.1) is 6.04 Å². The van der Waals surface area contributed by atoms with Gasteiger partial charge in [0.1, 0.15) is 17.2 Å². The number of hydrogen-bond donors (Lipinski definition) is 0. The molecule has 0 aromatic carbocycles. The molecule has 20 heavy (non-hydrogen) atoms. The fraction of sp³-hybridized carbons (Fsp3) is 0.333. The first-order valence-corrected chi connectivity index (χ1v) is 7.43. The van der Waals surface area contributed by atoms with E-state index in [1.165, 1.54) is 0 Å². The minimum Gasteiger partial charge on any atom is -0.464 e. The topological polar surface area (TPSA) is 46.3 Å². The van der Waals surface area contributed by atoms with E-state index in [0.717, 1.165) is 35.4 Å². The Bertz CT molecular complexity index is 621. The van der Waals surface area contributed by atoms with Crippen molar-refractivity contribution in [2.24, 2.45) is 0 Å². The maximum atomic E-state index is 12.6. The minimum atomic E-state index is -0.0333. The standard InChI is InChI=1S/C15H15BrN2O2/c1-10-4-7-14(20-10)13-3-2-8-18(13)15(19)12-6-5-11(16)9-17-12/h4-7,9,13H,2-3,8H2,1H3/t13-/m1/s1. The van der Waals surface area contributed by atoms with Crippen LogP contribution in [-0.4, -0.2) is 22.3 Å². The highest BCUT2D eigenvalue weighted by Gasteiger charge is 2.33. The molecular formula is C15H15BrN2O2. The zero-order valence-electron chi connectivity index (χ0n) is 11.2. The number of amides is 1. The molecule has 0 saturated carbocycles. The Morgan fingerprint density at radius 3 is 2.90 bits per heavy atom. The number of halogens is 1. The maximum Gasteiger partial charge on any atom is 0.273 e. The van der Waals surface area contributed by atoms with Gasteiger partial charge in [0.25, 0.3) is 5.91 Å². The molecule has 0 N–H and O–H groups in total. The van der Waals surface area contributed by atoms with Gasteiger partial charge in [-0.05, 0) is 60.0 Å². The van der Waals surface area contributed by atoms with Crippen LogP contribution in [0.3, 0.4) is 0 Å². The van der Waals surface area contributed by atoms with E-state index >= 15 is 0 Å². The fourth-order valence-electron chi connectivity index (χ4n) is 2.59. The van der Waals surface area contributed by atoms with Crippen LogP contribution in [0.15, 0.2) is 39.4 Å². The van der Waals surface area contributed by atoms with E-state index in [4.69, 9.17) is 4.42 Å². The summed E-state index contributed by atoms with van der Waals surface area (Å²) in [6.45, 7) is 2.67. The van der Waals surface area contributed by atoms with Crippen molar-refractivity contribution in [3.63, 3.8) is 0 Å². The van der Waals surface area contributed by atoms with Gasteiger partial charge in [-0.2, -0.15) is 0 Å². The number of nitrogens with zero attached hydrogens (tertiary/aromatic N) is 2. The predicted molar refractivity (Wildman–Crippen MR) is 78.4 cm³/mol. The van der Waals surface area contributed by atoms with Crippen molar-refractivity contribution in [2.75, 3.05) is 6.54 Å². The molecule has 3 rings (SSSR count). The fourth-order valence-corrected chi connectivity index (χ4v) is 2.82. The highest BCUT2D eigenvalue weighted by molar-refractivity contribution is 9.10. The van der Waals surface area contributed by atoms with Gasteiger partial charge in [-0.15, -0.1) is 0 Å². The molecule has 0 spiro atoms. The van der Waals surface area contributed by atoms with Crippen LogP contribution in [0.5, 0.6) is 0 Å². The van der Waals surface area contributed by atoms with Crippen LogP contribution in [0.2, 0.25) is 0 Å². The number of rotatable bonds is 2. The summed E-state index contributed by atoms with van der Waals surface area (Å²) in [6.07, 6.45) is 3.58. The van der Waals surface area contributed by atoms with E-state index in [1.807, 2.05) is 30.0 Å². The monoisotopic (exact) mass is 334 g/mol. The number of aromatic nitrogens is 1. The Kier molecular flexibility index (Phi) is 3.61. The largest absolute Gasteiger partial charge is 0.464 e. The first-order valence-electron chi connectivity index (χ1n) is 6.64. The number of furan rings is 1. The van der Waals surface area contributed by atoms with Crippen LogP contribution in [0, 0.1) is 6.92 Å². The first-order chi connectivity index (χ1) is 9.65. The van der Waals surface area contributed by atoms with Crippen molar-refractivity contribution in [1.82, 2.24) is 9.88 Å². The van der Waals surface area contributed by atoms with Gasteiger partial charge in [-0.1, -0.05) is 0 Å². The van der Waals surface area contributed by atoms with Crippen LogP contribution in [0.4, 0.5) is 0 Å². The summed E-state index contributed by atoms with van der Waals surface area (Å²) in [7, 11) is 0. The lowest BCUT2D eigenvalue weighted by molar-refractivity contribution is 0.0713. The van der Waals surface area contributed by atoms with Crippen molar-refractivity contribution in [2.45, 2.75) is 25.8 Å². The maximum absolute atomic E-state index is 12.6. The number of aryl methyl sites for hydroxylation is 1. The van der Waals surface area contributed by atoms with Gasteiger partial charge < -0.3 is 9.32 Å². The zero-order valence-corrected chi connectivity index (χ0v) is 12.8. The lowest BCUT2D eigenvalue weighted by Gasteiger charge is -2.22. The predicted octanol–water partition coefficient (Wildman–Crippen LogP) is 3.72. The minimum absolute atomic E-state index is 0.0293. The summed E-state index contributed by atoms with van der Waals surface area (Å²) in [5, 5.41) is 0. The van der Waals surface area contributed by atoms with Crippen molar-refractivity contribution >= 4 is 21.8 Å². The molecule has 1 aliphatic rings. The number of likely N-dealkylation sites (tertiary alicyclic amines) is 1. The molecule has 4 nitrogen and oxygen atoms in total. The smallest absolute Gasteiger partial charge is 0.273 e. The third-order valence-electron chi connectivity index (χ3n) is 3.55. The molecule has 104 valence electrons. The second-order valence-electron chi connectivity index (χ2n) is 4.97. The van der Waals surface area contributed by atoms with Crippen LogP contribution in [-0.2, 0) is 0 Å². The summed E-state index contributed by atoms with van der Waals surface area (Å²) in [4.78, 5) is 18.6. The molecule has 1 amide bonds. The van der Waals surface area contributed by atoms with Crippen molar-refractivity contribution < 1.29 is 9.21 Å². The van der Waals surface area contributed by atoms with E-state index in [2.05, 4.69) is 20.9 Å². The van der Waals surface area contributed by atoms with Gasteiger partial charge in [0.2, 0.25) is 0 Å². The van der Waals surface area contributed by atoms with E-state index < -0.39 is 0 Å². The quantitative estimate of drug-likeness (QED) is 0.840. The molecule has 1 aliphatic heterocycles. The van der Waals surface area contributed by atoms with E-state index in [9.17, 15) is 4.79 Å². The van der Waals surface area contributed by atoms with Crippen molar-refractivity contribution in [3.05, 3.63) is 52.1 Å². The molecular weight excluding hydrogens is 320 g/mol. The Morgan fingerprint density at radius 2 is 2.25 bits per heavy atom. The Labute approximate surface area is 125 Å². The second kappa shape index (κ2) is 5.40. The molecule has 1 saturated heterocycles. The number of carbonyl (C=O) groups excluding carboxylic acids is 1. The van der Waals surface area contributed by atoms with Gasteiger partial charge in [0.15, 0.2) is 0 Å². The molecule has 0 unspecified atom stereocenters. The van der Waals surface area contributed by atoms with Crippen molar-refractivity contribution in [3.8, 4) is 0 Å². The zero-order chi connectivity index (χ0) is 14.1. The molecule has 1 atom stereocenters. The van der Waals surface area contributed by atoms with Crippen molar-refractivity contribution in [1.29, 1.82) is 0 Å². The average Bonchev–Trinajstić information content (AvgIpc) is 3.07.